The molecule has 2 aliphatic rings. The summed E-state index contributed by atoms with van der Waals surface area (Å²) in [5.74, 6) is 1.03. The maximum atomic E-state index is 12.5. The number of carboxylic acids is 1. The first-order valence-electron chi connectivity index (χ1n) is 10.0. The van der Waals surface area contributed by atoms with Crippen molar-refractivity contribution in [2.45, 2.75) is 37.8 Å². The van der Waals surface area contributed by atoms with E-state index in [0.29, 0.717) is 23.0 Å². The molecule has 0 bridgehead atoms. The predicted octanol–water partition coefficient (Wildman–Crippen LogP) is 2.93. The first kappa shape index (κ1) is 19.4. The predicted molar refractivity (Wildman–Crippen MR) is 107 cm³/mol. The molecule has 7 heteroatoms. The van der Waals surface area contributed by atoms with Crippen LogP contribution in [0.3, 0.4) is 0 Å². The van der Waals surface area contributed by atoms with E-state index in [0.717, 1.165) is 19.4 Å². The average Bonchev–Trinajstić information content (AvgIpc) is 3.49. The number of aliphatic carboxylic acids is 1. The van der Waals surface area contributed by atoms with E-state index in [1.807, 2.05) is 6.07 Å². The van der Waals surface area contributed by atoms with Gasteiger partial charge in [-0.1, -0.05) is 0 Å². The first-order chi connectivity index (χ1) is 14.1. The van der Waals surface area contributed by atoms with E-state index in [-0.39, 0.29) is 24.5 Å². The lowest BCUT2D eigenvalue weighted by molar-refractivity contribution is -0.139. The van der Waals surface area contributed by atoms with Crippen molar-refractivity contribution in [3.05, 3.63) is 54.4 Å². The molecule has 1 aromatic carbocycles. The van der Waals surface area contributed by atoms with E-state index >= 15 is 0 Å². The van der Waals surface area contributed by atoms with Crippen LogP contribution in [0.2, 0.25) is 0 Å². The molecule has 0 aliphatic heterocycles. The molecular weight excluding hydrogens is 370 g/mol. The molecule has 2 aromatic rings. The van der Waals surface area contributed by atoms with Crippen LogP contribution in [0.1, 0.15) is 36.0 Å². The summed E-state index contributed by atoms with van der Waals surface area (Å²) in [7, 11) is 0. The van der Waals surface area contributed by atoms with Crippen LogP contribution in [0.4, 0.5) is 0 Å². The highest BCUT2D eigenvalue weighted by Gasteiger charge is 2.37. The minimum Gasteiger partial charge on any atom is -0.480 e. The summed E-state index contributed by atoms with van der Waals surface area (Å²) in [6.07, 6.45) is 7.30. The number of ether oxygens (including phenoxy) is 1. The van der Waals surface area contributed by atoms with Gasteiger partial charge in [0.2, 0.25) is 0 Å². The topological polar surface area (TPSA) is 91.8 Å². The lowest BCUT2D eigenvalue weighted by Gasteiger charge is -2.42. The Morgan fingerprint density at radius 2 is 1.90 bits per heavy atom. The second-order valence-corrected chi connectivity index (χ2v) is 7.88. The van der Waals surface area contributed by atoms with Crippen molar-refractivity contribution in [3.8, 4) is 11.5 Å². The quantitative estimate of drug-likeness (QED) is 0.678. The summed E-state index contributed by atoms with van der Waals surface area (Å²) in [6, 6.07) is 10.9. The average molecular weight is 395 g/mol. The number of pyridine rings is 1. The zero-order valence-corrected chi connectivity index (χ0v) is 16.2. The Morgan fingerprint density at radius 1 is 1.14 bits per heavy atom. The van der Waals surface area contributed by atoms with Gasteiger partial charge in [-0.25, -0.2) is 0 Å². The lowest BCUT2D eigenvalue weighted by Crippen LogP contribution is -2.55. The molecule has 2 N–H and O–H groups in total. The molecule has 0 spiro atoms. The summed E-state index contributed by atoms with van der Waals surface area (Å²) in [5, 5.41) is 12.2. The SMILES string of the molecule is O=C(O)CN(CC1CC1)C1CC(NC(=O)c2ccc(Oc3cccnc3)cc2)C1. The van der Waals surface area contributed by atoms with E-state index in [4.69, 9.17) is 9.84 Å². The molecule has 1 aromatic heterocycles. The van der Waals surface area contributed by atoms with E-state index in [1.54, 1.807) is 42.7 Å². The Morgan fingerprint density at radius 3 is 2.52 bits per heavy atom. The number of carbonyl (C=O) groups is 2. The van der Waals surface area contributed by atoms with Crippen molar-refractivity contribution in [1.29, 1.82) is 0 Å². The van der Waals surface area contributed by atoms with E-state index < -0.39 is 5.97 Å². The van der Waals surface area contributed by atoms with Crippen LogP contribution in [0.5, 0.6) is 11.5 Å². The second kappa shape index (κ2) is 8.61. The van der Waals surface area contributed by atoms with Crippen LogP contribution in [0.15, 0.2) is 48.8 Å². The van der Waals surface area contributed by atoms with Gasteiger partial charge in [-0.15, -0.1) is 0 Å². The number of nitrogens with zero attached hydrogens (tertiary/aromatic N) is 2. The maximum absolute atomic E-state index is 12.5. The number of carboxylic acid groups (broad SMARTS) is 1. The molecule has 0 saturated heterocycles. The third-order valence-corrected chi connectivity index (χ3v) is 5.48. The van der Waals surface area contributed by atoms with Crippen LogP contribution in [-0.2, 0) is 4.79 Å². The monoisotopic (exact) mass is 395 g/mol. The van der Waals surface area contributed by atoms with Gasteiger partial charge >= 0.3 is 5.97 Å². The van der Waals surface area contributed by atoms with Crippen LogP contribution in [0.25, 0.3) is 0 Å². The fourth-order valence-electron chi connectivity index (χ4n) is 3.64. The Balaban J connectivity index is 1.26. The summed E-state index contributed by atoms with van der Waals surface area (Å²) in [5.41, 5.74) is 0.576. The number of aromatic nitrogens is 1. The minimum absolute atomic E-state index is 0.0836. The van der Waals surface area contributed by atoms with E-state index in [1.165, 1.54) is 12.8 Å². The fraction of sp³-hybridized carbons (Fsp3) is 0.409. The molecule has 29 heavy (non-hydrogen) atoms. The summed E-state index contributed by atoms with van der Waals surface area (Å²) < 4.78 is 5.69. The normalized spacial score (nSPS) is 20.7. The van der Waals surface area contributed by atoms with Gasteiger partial charge in [0.05, 0.1) is 12.7 Å². The van der Waals surface area contributed by atoms with Gasteiger partial charge in [-0.05, 0) is 68.0 Å². The van der Waals surface area contributed by atoms with Crippen molar-refractivity contribution >= 4 is 11.9 Å². The number of carbonyl (C=O) groups excluding carboxylic acids is 1. The van der Waals surface area contributed by atoms with Crippen LogP contribution in [-0.4, -0.2) is 52.0 Å². The molecule has 152 valence electrons. The van der Waals surface area contributed by atoms with Gasteiger partial charge in [0.15, 0.2) is 0 Å². The zero-order valence-electron chi connectivity index (χ0n) is 16.2. The summed E-state index contributed by atoms with van der Waals surface area (Å²) in [4.78, 5) is 29.7. The first-order valence-corrected chi connectivity index (χ1v) is 10.0. The highest BCUT2D eigenvalue weighted by Crippen LogP contribution is 2.34. The number of hydrogen-bond donors (Lipinski definition) is 2. The Kier molecular flexibility index (Phi) is 5.76. The molecule has 2 saturated carbocycles. The van der Waals surface area contributed by atoms with E-state index in [2.05, 4.69) is 15.2 Å². The smallest absolute Gasteiger partial charge is 0.317 e. The Labute approximate surface area is 169 Å². The van der Waals surface area contributed by atoms with E-state index in [9.17, 15) is 9.59 Å². The van der Waals surface area contributed by atoms with Gasteiger partial charge in [0.1, 0.15) is 11.5 Å². The van der Waals surface area contributed by atoms with Crippen LogP contribution in [0, 0.1) is 5.92 Å². The molecule has 1 heterocycles. The highest BCUT2D eigenvalue weighted by molar-refractivity contribution is 5.94. The Bertz CT molecular complexity index is 846. The molecule has 2 aliphatic carbocycles. The van der Waals surface area contributed by atoms with Gasteiger partial charge in [-0.2, -0.15) is 0 Å². The molecule has 4 rings (SSSR count). The largest absolute Gasteiger partial charge is 0.480 e. The van der Waals surface area contributed by atoms with Crippen LogP contribution < -0.4 is 10.1 Å². The standard InChI is InChI=1S/C22H25N3O4/c26-21(27)14-25(13-15-3-4-15)18-10-17(11-18)24-22(28)16-5-7-19(8-6-16)29-20-2-1-9-23-12-20/h1-2,5-9,12,15,17-18H,3-4,10-11,13-14H2,(H,24,28)(H,26,27). The fourth-order valence-corrected chi connectivity index (χ4v) is 3.64. The van der Waals surface area contributed by atoms with Crippen molar-refractivity contribution < 1.29 is 19.4 Å². The van der Waals surface area contributed by atoms with Gasteiger partial charge in [0, 0.05) is 30.4 Å². The van der Waals surface area contributed by atoms with Gasteiger partial charge < -0.3 is 15.2 Å². The van der Waals surface area contributed by atoms with Gasteiger partial charge in [0.25, 0.3) is 5.91 Å². The van der Waals surface area contributed by atoms with Gasteiger partial charge in [-0.3, -0.25) is 19.5 Å². The Hall–Kier alpha value is -2.93. The number of hydrogen-bond acceptors (Lipinski definition) is 5. The zero-order chi connectivity index (χ0) is 20.2. The maximum Gasteiger partial charge on any atom is 0.317 e. The van der Waals surface area contributed by atoms with Crippen molar-refractivity contribution in [3.63, 3.8) is 0 Å². The number of amides is 1. The number of nitrogens with one attached hydrogen (secondary N) is 1. The third kappa shape index (κ3) is 5.32. The lowest BCUT2D eigenvalue weighted by atomic mass is 9.85. The van der Waals surface area contributed by atoms with Crippen LogP contribution >= 0.6 is 0 Å². The van der Waals surface area contributed by atoms with Crippen molar-refractivity contribution in [1.82, 2.24) is 15.2 Å². The summed E-state index contributed by atoms with van der Waals surface area (Å²) >= 11 is 0. The summed E-state index contributed by atoms with van der Waals surface area (Å²) in [6.45, 7) is 0.941. The molecule has 2 fully saturated rings. The minimum atomic E-state index is -0.785. The molecule has 0 atom stereocenters. The highest BCUT2D eigenvalue weighted by atomic mass is 16.5. The molecular formula is C22H25N3O4. The number of rotatable bonds is 9. The second-order valence-electron chi connectivity index (χ2n) is 7.88. The van der Waals surface area contributed by atoms with Crippen molar-refractivity contribution in [2.75, 3.05) is 13.1 Å². The molecule has 1 amide bonds. The third-order valence-electron chi connectivity index (χ3n) is 5.48. The molecule has 0 radical (unpaired) electrons. The molecule has 0 unspecified atom stereocenters. The van der Waals surface area contributed by atoms with Crippen molar-refractivity contribution in [2.24, 2.45) is 5.92 Å². The molecule has 7 nitrogen and oxygen atoms in total. The number of benzene rings is 1.